The van der Waals surface area contributed by atoms with E-state index in [9.17, 15) is 4.39 Å². The summed E-state index contributed by atoms with van der Waals surface area (Å²) in [6, 6.07) is 14.2. The molecule has 0 unspecified atom stereocenters. The van der Waals surface area contributed by atoms with Gasteiger partial charge in [0.2, 0.25) is 0 Å². The summed E-state index contributed by atoms with van der Waals surface area (Å²) in [4.78, 5) is 0. The second kappa shape index (κ2) is 5.34. The van der Waals surface area contributed by atoms with Crippen LogP contribution in [0.2, 0.25) is 0 Å². The van der Waals surface area contributed by atoms with Crippen LogP contribution < -0.4 is 9.47 Å². The van der Waals surface area contributed by atoms with Gasteiger partial charge in [0.25, 0.3) is 0 Å². The number of halogens is 1. The molecule has 0 radical (unpaired) electrons. The summed E-state index contributed by atoms with van der Waals surface area (Å²) in [6.45, 7) is 0.351. The van der Waals surface area contributed by atoms with E-state index in [1.165, 1.54) is 13.2 Å². The first-order chi connectivity index (χ1) is 8.29. The van der Waals surface area contributed by atoms with E-state index in [0.717, 1.165) is 5.56 Å². The Kier molecular flexibility index (Phi) is 3.60. The van der Waals surface area contributed by atoms with Gasteiger partial charge in [-0.25, -0.2) is 4.39 Å². The van der Waals surface area contributed by atoms with Crippen LogP contribution in [0, 0.1) is 5.82 Å². The van der Waals surface area contributed by atoms with Crippen molar-refractivity contribution in [1.82, 2.24) is 0 Å². The molecule has 0 aliphatic rings. The van der Waals surface area contributed by atoms with Crippen LogP contribution in [0.1, 0.15) is 5.56 Å². The molecular weight excluding hydrogens is 219 g/mol. The first kappa shape index (κ1) is 11.5. The average molecular weight is 232 g/mol. The molecule has 2 rings (SSSR count). The van der Waals surface area contributed by atoms with Crippen LogP contribution in [0.5, 0.6) is 11.5 Å². The van der Waals surface area contributed by atoms with E-state index in [0.29, 0.717) is 12.4 Å². The molecule has 0 spiro atoms. The molecule has 0 saturated carbocycles. The Hall–Kier alpha value is -2.03. The molecule has 0 aliphatic carbocycles. The zero-order valence-corrected chi connectivity index (χ0v) is 9.52. The van der Waals surface area contributed by atoms with Gasteiger partial charge in [0.05, 0.1) is 7.11 Å². The molecule has 0 amide bonds. The van der Waals surface area contributed by atoms with Crippen LogP contribution in [0.15, 0.2) is 48.5 Å². The van der Waals surface area contributed by atoms with Gasteiger partial charge in [-0.3, -0.25) is 0 Å². The third-order valence-electron chi connectivity index (χ3n) is 2.38. The van der Waals surface area contributed by atoms with Crippen LogP contribution in [0.25, 0.3) is 0 Å². The smallest absolute Gasteiger partial charge is 0.168 e. The Bertz CT molecular complexity index is 483. The van der Waals surface area contributed by atoms with Crippen LogP contribution in [0.3, 0.4) is 0 Å². The van der Waals surface area contributed by atoms with E-state index in [1.54, 1.807) is 12.1 Å². The first-order valence-corrected chi connectivity index (χ1v) is 5.30. The Morgan fingerprint density at radius 3 is 2.47 bits per heavy atom. The highest BCUT2D eigenvalue weighted by molar-refractivity contribution is 5.33. The van der Waals surface area contributed by atoms with Crippen molar-refractivity contribution >= 4 is 0 Å². The van der Waals surface area contributed by atoms with Crippen LogP contribution >= 0.6 is 0 Å². The molecule has 88 valence electrons. The highest BCUT2D eigenvalue weighted by atomic mass is 19.1. The first-order valence-electron chi connectivity index (χ1n) is 5.30. The molecule has 2 nitrogen and oxygen atoms in total. The minimum Gasteiger partial charge on any atom is -0.497 e. The zero-order valence-electron chi connectivity index (χ0n) is 9.52. The van der Waals surface area contributed by atoms with Crippen molar-refractivity contribution in [2.45, 2.75) is 6.61 Å². The number of hydrogen-bond donors (Lipinski definition) is 0. The molecule has 3 heteroatoms. The lowest BCUT2D eigenvalue weighted by atomic mass is 10.2. The monoisotopic (exact) mass is 232 g/mol. The van der Waals surface area contributed by atoms with Gasteiger partial charge >= 0.3 is 0 Å². The van der Waals surface area contributed by atoms with Gasteiger partial charge in [0.1, 0.15) is 12.4 Å². The fourth-order valence-electron chi connectivity index (χ4n) is 1.46. The summed E-state index contributed by atoms with van der Waals surface area (Å²) >= 11 is 0. The number of rotatable bonds is 4. The van der Waals surface area contributed by atoms with Crippen molar-refractivity contribution in [1.29, 1.82) is 0 Å². The largest absolute Gasteiger partial charge is 0.497 e. The van der Waals surface area contributed by atoms with E-state index in [-0.39, 0.29) is 5.75 Å². The second-order valence-corrected chi connectivity index (χ2v) is 3.57. The number of methoxy groups -OCH3 is 1. The maximum Gasteiger partial charge on any atom is 0.168 e. The predicted molar refractivity (Wildman–Crippen MR) is 63.7 cm³/mol. The van der Waals surface area contributed by atoms with E-state index in [4.69, 9.17) is 9.47 Å². The number of benzene rings is 2. The molecule has 0 N–H and O–H groups in total. The van der Waals surface area contributed by atoms with Gasteiger partial charge in [-0.2, -0.15) is 0 Å². The molecule has 0 atom stereocenters. The highest BCUT2D eigenvalue weighted by Crippen LogP contribution is 2.23. The van der Waals surface area contributed by atoms with Gasteiger partial charge in [-0.05, 0) is 17.7 Å². The molecule has 0 saturated heterocycles. The van der Waals surface area contributed by atoms with Crippen LogP contribution in [0.4, 0.5) is 4.39 Å². The van der Waals surface area contributed by atoms with Crippen molar-refractivity contribution in [3.8, 4) is 11.5 Å². The van der Waals surface area contributed by atoms with E-state index in [1.807, 2.05) is 30.3 Å². The maximum atomic E-state index is 13.5. The summed E-state index contributed by atoms with van der Waals surface area (Å²) in [5, 5.41) is 0. The summed E-state index contributed by atoms with van der Waals surface area (Å²) in [5.74, 6) is 0.296. The van der Waals surface area contributed by atoms with Crippen LogP contribution in [-0.4, -0.2) is 7.11 Å². The van der Waals surface area contributed by atoms with Gasteiger partial charge in [0.15, 0.2) is 11.6 Å². The summed E-state index contributed by atoms with van der Waals surface area (Å²) in [6.07, 6.45) is 0. The van der Waals surface area contributed by atoms with E-state index >= 15 is 0 Å². The third-order valence-corrected chi connectivity index (χ3v) is 2.38. The average Bonchev–Trinajstić information content (AvgIpc) is 2.38. The predicted octanol–water partition coefficient (Wildman–Crippen LogP) is 3.41. The fraction of sp³-hybridized carbons (Fsp3) is 0.143. The van der Waals surface area contributed by atoms with Crippen molar-refractivity contribution in [2.75, 3.05) is 7.11 Å². The highest BCUT2D eigenvalue weighted by Gasteiger charge is 2.05. The lowest BCUT2D eigenvalue weighted by molar-refractivity contribution is 0.289. The van der Waals surface area contributed by atoms with E-state index < -0.39 is 5.82 Å². The maximum absolute atomic E-state index is 13.5. The molecule has 17 heavy (non-hydrogen) atoms. The molecular formula is C14H13FO2. The molecule has 0 aliphatic heterocycles. The molecule has 0 fully saturated rings. The third kappa shape index (κ3) is 2.97. The minimum atomic E-state index is -0.416. The Labute approximate surface area is 99.6 Å². The minimum absolute atomic E-state index is 0.231. The Balaban J connectivity index is 2.04. The number of ether oxygens (including phenoxy) is 2. The van der Waals surface area contributed by atoms with Crippen LogP contribution in [-0.2, 0) is 6.61 Å². The molecule has 0 bridgehead atoms. The Morgan fingerprint density at radius 1 is 1.06 bits per heavy atom. The normalized spacial score (nSPS) is 10.0. The molecule has 2 aromatic carbocycles. The topological polar surface area (TPSA) is 18.5 Å². The molecule has 0 heterocycles. The van der Waals surface area contributed by atoms with Gasteiger partial charge < -0.3 is 9.47 Å². The molecule has 0 aromatic heterocycles. The summed E-state index contributed by atoms with van der Waals surface area (Å²) in [7, 11) is 1.50. The van der Waals surface area contributed by atoms with Crippen molar-refractivity contribution in [3.63, 3.8) is 0 Å². The quantitative estimate of drug-likeness (QED) is 0.804. The second-order valence-electron chi connectivity index (χ2n) is 3.57. The van der Waals surface area contributed by atoms with Crippen molar-refractivity contribution in [3.05, 3.63) is 59.9 Å². The lowest BCUT2D eigenvalue weighted by Gasteiger charge is -2.08. The van der Waals surface area contributed by atoms with E-state index in [2.05, 4.69) is 0 Å². The van der Waals surface area contributed by atoms with Gasteiger partial charge in [-0.15, -0.1) is 0 Å². The number of hydrogen-bond acceptors (Lipinski definition) is 2. The lowest BCUT2D eigenvalue weighted by Crippen LogP contribution is -1.97. The van der Waals surface area contributed by atoms with Crippen molar-refractivity contribution in [2.24, 2.45) is 0 Å². The SMILES string of the molecule is COc1ccc(OCc2ccccc2)c(F)c1. The van der Waals surface area contributed by atoms with Gasteiger partial charge in [-0.1, -0.05) is 30.3 Å². The Morgan fingerprint density at radius 2 is 1.82 bits per heavy atom. The molecule has 2 aromatic rings. The van der Waals surface area contributed by atoms with Gasteiger partial charge in [0, 0.05) is 6.07 Å². The van der Waals surface area contributed by atoms with Crippen molar-refractivity contribution < 1.29 is 13.9 Å². The summed E-state index contributed by atoms with van der Waals surface area (Å²) in [5.41, 5.74) is 1.00. The standard InChI is InChI=1S/C14H13FO2/c1-16-12-7-8-14(13(15)9-12)17-10-11-5-3-2-4-6-11/h2-9H,10H2,1H3. The zero-order chi connectivity index (χ0) is 12.1. The summed E-state index contributed by atoms with van der Waals surface area (Å²) < 4.78 is 23.8. The fourth-order valence-corrected chi connectivity index (χ4v) is 1.46.